The highest BCUT2D eigenvalue weighted by atomic mass is 35.5. The van der Waals surface area contributed by atoms with E-state index >= 15 is 0 Å². The van der Waals surface area contributed by atoms with Crippen LogP contribution in [0.2, 0.25) is 5.02 Å². The Kier molecular flexibility index (Phi) is 4.77. The van der Waals surface area contributed by atoms with Crippen molar-refractivity contribution in [3.63, 3.8) is 0 Å². The van der Waals surface area contributed by atoms with E-state index in [0.717, 1.165) is 50.6 Å². The second kappa shape index (κ2) is 7.18. The van der Waals surface area contributed by atoms with E-state index in [1.54, 1.807) is 0 Å². The van der Waals surface area contributed by atoms with Crippen LogP contribution in [0, 0.1) is 0 Å². The second-order valence-corrected chi connectivity index (χ2v) is 7.43. The number of aromatic nitrogens is 2. The second-order valence-electron chi connectivity index (χ2n) is 6.99. The van der Waals surface area contributed by atoms with Gasteiger partial charge in [-0.2, -0.15) is 5.10 Å². The maximum absolute atomic E-state index is 11.9. The van der Waals surface area contributed by atoms with Crippen molar-refractivity contribution >= 4 is 17.5 Å². The molecule has 25 heavy (non-hydrogen) atoms. The molecule has 1 amide bonds. The number of rotatable bonds is 5. The van der Waals surface area contributed by atoms with Gasteiger partial charge in [-0.15, -0.1) is 0 Å². The van der Waals surface area contributed by atoms with Gasteiger partial charge in [0.2, 0.25) is 5.91 Å². The highest BCUT2D eigenvalue weighted by molar-refractivity contribution is 6.30. The summed E-state index contributed by atoms with van der Waals surface area (Å²) in [7, 11) is 0. The Hall–Kier alpha value is -1.85. The van der Waals surface area contributed by atoms with Crippen LogP contribution in [0.25, 0.3) is 0 Å². The van der Waals surface area contributed by atoms with E-state index < -0.39 is 0 Å². The zero-order valence-electron chi connectivity index (χ0n) is 14.3. The molecule has 0 N–H and O–H groups in total. The van der Waals surface area contributed by atoms with Gasteiger partial charge in [-0.05, 0) is 36.6 Å². The van der Waals surface area contributed by atoms with Gasteiger partial charge in [0.05, 0.1) is 11.7 Å². The first-order valence-electron chi connectivity index (χ1n) is 8.96. The van der Waals surface area contributed by atoms with Crippen molar-refractivity contribution in [1.82, 2.24) is 19.6 Å². The quantitative estimate of drug-likeness (QED) is 0.824. The van der Waals surface area contributed by atoms with Crippen molar-refractivity contribution in [3.8, 4) is 0 Å². The van der Waals surface area contributed by atoms with Gasteiger partial charge >= 0.3 is 0 Å². The molecule has 1 saturated heterocycles. The smallest absolute Gasteiger partial charge is 0.222 e. The maximum atomic E-state index is 11.9. The third-order valence-corrected chi connectivity index (χ3v) is 5.39. The number of nitrogens with zero attached hydrogens (tertiary/aromatic N) is 4. The fourth-order valence-corrected chi connectivity index (χ4v) is 4.15. The topological polar surface area (TPSA) is 41.4 Å². The summed E-state index contributed by atoms with van der Waals surface area (Å²) in [4.78, 5) is 16.3. The molecule has 0 saturated carbocycles. The van der Waals surface area contributed by atoms with Gasteiger partial charge < -0.3 is 4.90 Å². The lowest BCUT2D eigenvalue weighted by Crippen LogP contribution is -2.39. The summed E-state index contributed by atoms with van der Waals surface area (Å²) >= 11 is 6.12. The number of carbonyl (C=O) groups is 1. The van der Waals surface area contributed by atoms with E-state index in [9.17, 15) is 4.79 Å². The standard InChI is InChI=1S/C19H23ClN4O/c20-16-4-1-3-15(11-16)12-22-13-17-6-8-21-24(17)18(14-22)7-10-23-9-2-5-19(23)25/h1,3-4,6,8,11,18H,2,5,7,9-10,12-14H2. The average Bonchev–Trinajstić information content (AvgIpc) is 3.21. The Morgan fingerprint density at radius 2 is 2.20 bits per heavy atom. The molecule has 4 rings (SSSR count). The van der Waals surface area contributed by atoms with Gasteiger partial charge in [-0.3, -0.25) is 14.4 Å². The van der Waals surface area contributed by atoms with Crippen LogP contribution in [0.5, 0.6) is 0 Å². The van der Waals surface area contributed by atoms with Crippen LogP contribution >= 0.6 is 11.6 Å². The summed E-state index contributed by atoms with van der Waals surface area (Å²) in [5.74, 6) is 0.298. The van der Waals surface area contributed by atoms with Gasteiger partial charge in [0.25, 0.3) is 0 Å². The molecule has 2 aromatic rings. The summed E-state index contributed by atoms with van der Waals surface area (Å²) in [6.07, 6.45) is 4.54. The minimum absolute atomic E-state index is 0.298. The van der Waals surface area contributed by atoms with E-state index in [-0.39, 0.29) is 0 Å². The van der Waals surface area contributed by atoms with Gasteiger partial charge in [0.15, 0.2) is 0 Å². The molecule has 3 heterocycles. The van der Waals surface area contributed by atoms with E-state index in [2.05, 4.69) is 26.8 Å². The minimum atomic E-state index is 0.298. The number of hydrogen-bond acceptors (Lipinski definition) is 3. The van der Waals surface area contributed by atoms with Gasteiger partial charge in [0.1, 0.15) is 0 Å². The lowest BCUT2D eigenvalue weighted by Gasteiger charge is -2.34. The highest BCUT2D eigenvalue weighted by Crippen LogP contribution is 2.26. The summed E-state index contributed by atoms with van der Waals surface area (Å²) in [5, 5.41) is 5.30. The average molecular weight is 359 g/mol. The van der Waals surface area contributed by atoms with Gasteiger partial charge in [-0.1, -0.05) is 23.7 Å². The van der Waals surface area contributed by atoms with Crippen molar-refractivity contribution in [2.24, 2.45) is 0 Å². The number of halogens is 1. The summed E-state index contributed by atoms with van der Waals surface area (Å²) in [5.41, 5.74) is 2.47. The molecular weight excluding hydrogens is 336 g/mol. The lowest BCUT2D eigenvalue weighted by molar-refractivity contribution is -0.127. The van der Waals surface area contributed by atoms with Gasteiger partial charge in [0, 0.05) is 50.4 Å². The molecule has 1 unspecified atom stereocenters. The maximum Gasteiger partial charge on any atom is 0.222 e. The van der Waals surface area contributed by atoms with E-state index in [0.29, 0.717) is 18.4 Å². The third-order valence-electron chi connectivity index (χ3n) is 5.15. The van der Waals surface area contributed by atoms with Crippen LogP contribution in [0.1, 0.15) is 36.6 Å². The van der Waals surface area contributed by atoms with Crippen LogP contribution in [-0.4, -0.2) is 45.1 Å². The molecular formula is C19H23ClN4O. The van der Waals surface area contributed by atoms with E-state index in [1.165, 1.54) is 11.3 Å². The highest BCUT2D eigenvalue weighted by Gasteiger charge is 2.27. The first-order chi connectivity index (χ1) is 12.2. The molecule has 1 atom stereocenters. The van der Waals surface area contributed by atoms with Gasteiger partial charge in [-0.25, -0.2) is 0 Å². The molecule has 132 valence electrons. The van der Waals surface area contributed by atoms with E-state index in [4.69, 9.17) is 11.6 Å². The number of fused-ring (bicyclic) bond motifs is 1. The van der Waals surface area contributed by atoms with Crippen molar-refractivity contribution < 1.29 is 4.79 Å². The zero-order chi connectivity index (χ0) is 17.2. The molecule has 1 fully saturated rings. The monoisotopic (exact) mass is 358 g/mol. The molecule has 2 aliphatic rings. The Morgan fingerprint density at radius 1 is 1.28 bits per heavy atom. The molecule has 1 aromatic heterocycles. The number of amides is 1. The first-order valence-corrected chi connectivity index (χ1v) is 9.34. The Bertz CT molecular complexity index is 759. The van der Waals surface area contributed by atoms with Crippen molar-refractivity contribution in [2.75, 3.05) is 19.6 Å². The van der Waals surface area contributed by atoms with Crippen molar-refractivity contribution in [3.05, 3.63) is 52.8 Å². The lowest BCUT2D eigenvalue weighted by atomic mass is 10.1. The number of hydrogen-bond donors (Lipinski definition) is 0. The molecule has 0 spiro atoms. The number of carbonyl (C=O) groups excluding carboxylic acids is 1. The van der Waals surface area contributed by atoms with E-state index in [1.807, 2.05) is 29.3 Å². The molecule has 2 aliphatic heterocycles. The van der Waals surface area contributed by atoms with Crippen LogP contribution in [0.3, 0.4) is 0 Å². The number of benzene rings is 1. The summed E-state index contributed by atoms with van der Waals surface area (Å²) in [6, 6.07) is 10.5. The minimum Gasteiger partial charge on any atom is -0.343 e. The molecule has 6 heteroatoms. The van der Waals surface area contributed by atoms with Crippen LogP contribution in [0.15, 0.2) is 36.5 Å². The molecule has 0 aliphatic carbocycles. The zero-order valence-corrected chi connectivity index (χ0v) is 15.0. The Labute approximate surface area is 153 Å². The summed E-state index contributed by atoms with van der Waals surface area (Å²) in [6.45, 7) is 4.46. The SMILES string of the molecule is O=C1CCCN1CCC1CN(Cc2cccc(Cl)c2)Cc2ccnn21. The largest absolute Gasteiger partial charge is 0.343 e. The normalized spacial score (nSPS) is 20.9. The van der Waals surface area contributed by atoms with Crippen LogP contribution < -0.4 is 0 Å². The summed E-state index contributed by atoms with van der Waals surface area (Å²) < 4.78 is 2.15. The Morgan fingerprint density at radius 3 is 3.00 bits per heavy atom. The predicted molar refractivity (Wildman–Crippen MR) is 97.3 cm³/mol. The number of likely N-dealkylation sites (tertiary alicyclic amines) is 1. The molecule has 0 radical (unpaired) electrons. The molecule has 1 aromatic carbocycles. The predicted octanol–water partition coefficient (Wildman–Crippen LogP) is 3.11. The van der Waals surface area contributed by atoms with Crippen LogP contribution in [0.4, 0.5) is 0 Å². The fraction of sp³-hybridized carbons (Fsp3) is 0.474. The first kappa shape index (κ1) is 16.6. The third kappa shape index (κ3) is 3.72. The molecule has 0 bridgehead atoms. The van der Waals surface area contributed by atoms with Crippen LogP contribution in [-0.2, 0) is 17.9 Å². The Balaban J connectivity index is 1.44. The van der Waals surface area contributed by atoms with Crippen molar-refractivity contribution in [2.45, 2.75) is 38.4 Å². The van der Waals surface area contributed by atoms with Crippen molar-refractivity contribution in [1.29, 1.82) is 0 Å². The fourth-order valence-electron chi connectivity index (χ4n) is 3.94. The molecule has 5 nitrogen and oxygen atoms in total.